The molecule has 144 valence electrons. The molecule has 0 fully saturated rings. The third kappa shape index (κ3) is 4.46. The summed E-state index contributed by atoms with van der Waals surface area (Å²) in [6.07, 6.45) is 3.03. The predicted molar refractivity (Wildman–Crippen MR) is 111 cm³/mol. The fourth-order valence-electron chi connectivity index (χ4n) is 3.13. The number of para-hydroxylation sites is 1. The molecule has 0 saturated carbocycles. The fourth-order valence-corrected chi connectivity index (χ4v) is 3.13. The molecule has 1 heterocycles. The second-order valence-corrected chi connectivity index (χ2v) is 6.68. The summed E-state index contributed by atoms with van der Waals surface area (Å²) in [5.74, 6) is 1.12. The maximum atomic E-state index is 12.5. The molecule has 1 amide bonds. The number of carbonyl (C=O) groups is 1. The smallest absolute Gasteiger partial charge is 0.275 e. The van der Waals surface area contributed by atoms with Gasteiger partial charge in [-0.2, -0.15) is 0 Å². The van der Waals surface area contributed by atoms with Gasteiger partial charge in [0.05, 0.1) is 19.5 Å². The van der Waals surface area contributed by atoms with E-state index in [1.54, 1.807) is 13.3 Å². The zero-order chi connectivity index (χ0) is 20.1. The van der Waals surface area contributed by atoms with Gasteiger partial charge in [-0.05, 0) is 38.0 Å². The summed E-state index contributed by atoms with van der Waals surface area (Å²) in [6, 6.07) is 11.8. The average Bonchev–Trinajstić information content (AvgIpc) is 2.69. The molecule has 0 aliphatic carbocycles. The van der Waals surface area contributed by atoms with Crippen LogP contribution >= 0.6 is 0 Å². The lowest BCUT2D eigenvalue weighted by molar-refractivity contribution is 0.102. The van der Waals surface area contributed by atoms with E-state index in [1.807, 2.05) is 57.2 Å². The number of rotatable bonds is 6. The van der Waals surface area contributed by atoms with E-state index in [-0.39, 0.29) is 11.6 Å². The average molecular weight is 376 g/mol. The van der Waals surface area contributed by atoms with Gasteiger partial charge in [-0.1, -0.05) is 35.9 Å². The molecule has 28 heavy (non-hydrogen) atoms. The van der Waals surface area contributed by atoms with Gasteiger partial charge in [-0.25, -0.2) is 9.97 Å². The van der Waals surface area contributed by atoms with Gasteiger partial charge in [0, 0.05) is 17.8 Å². The maximum Gasteiger partial charge on any atom is 0.275 e. The molecule has 0 radical (unpaired) electrons. The number of hydrogen-bond acceptors (Lipinski definition) is 5. The molecule has 3 rings (SSSR count). The van der Waals surface area contributed by atoms with E-state index in [2.05, 4.69) is 20.6 Å². The molecular formula is C22H24N4O2. The zero-order valence-electron chi connectivity index (χ0n) is 16.5. The molecular weight excluding hydrogens is 352 g/mol. The highest BCUT2D eigenvalue weighted by molar-refractivity contribution is 6.03. The van der Waals surface area contributed by atoms with E-state index >= 15 is 0 Å². The third-order valence-electron chi connectivity index (χ3n) is 4.45. The van der Waals surface area contributed by atoms with Crippen LogP contribution in [0.25, 0.3) is 0 Å². The molecule has 0 atom stereocenters. The minimum atomic E-state index is -0.279. The Balaban J connectivity index is 1.66. The van der Waals surface area contributed by atoms with Gasteiger partial charge < -0.3 is 15.4 Å². The van der Waals surface area contributed by atoms with E-state index < -0.39 is 0 Å². The van der Waals surface area contributed by atoms with Gasteiger partial charge in [0.2, 0.25) is 0 Å². The Hall–Kier alpha value is -3.41. The van der Waals surface area contributed by atoms with Crippen molar-refractivity contribution in [3.8, 4) is 5.75 Å². The SMILES string of the molecule is COc1ccccc1CNc1cnc(C(=O)Nc2c(C)cc(C)cc2C)cn1. The van der Waals surface area contributed by atoms with E-state index in [0.717, 1.165) is 28.1 Å². The highest BCUT2D eigenvalue weighted by atomic mass is 16.5. The van der Waals surface area contributed by atoms with Crippen LogP contribution in [0.2, 0.25) is 0 Å². The van der Waals surface area contributed by atoms with Crippen LogP contribution in [0.4, 0.5) is 11.5 Å². The minimum absolute atomic E-state index is 0.266. The number of carbonyl (C=O) groups excluding carboxylic acids is 1. The fraction of sp³-hybridized carbons (Fsp3) is 0.227. The summed E-state index contributed by atoms with van der Waals surface area (Å²) in [6.45, 7) is 6.54. The van der Waals surface area contributed by atoms with Gasteiger partial charge in [-0.15, -0.1) is 0 Å². The van der Waals surface area contributed by atoms with Crippen LogP contribution in [0, 0.1) is 20.8 Å². The topological polar surface area (TPSA) is 76.1 Å². The second kappa shape index (κ2) is 8.52. The molecule has 1 aromatic heterocycles. The van der Waals surface area contributed by atoms with Crippen molar-refractivity contribution >= 4 is 17.4 Å². The monoisotopic (exact) mass is 376 g/mol. The highest BCUT2D eigenvalue weighted by Gasteiger charge is 2.12. The van der Waals surface area contributed by atoms with Gasteiger partial charge in [0.15, 0.2) is 0 Å². The number of anilines is 2. The van der Waals surface area contributed by atoms with E-state index in [1.165, 1.54) is 11.8 Å². The van der Waals surface area contributed by atoms with Crippen LogP contribution in [0.5, 0.6) is 5.75 Å². The molecule has 6 nitrogen and oxygen atoms in total. The van der Waals surface area contributed by atoms with Crippen molar-refractivity contribution in [3.05, 3.63) is 76.7 Å². The molecule has 0 saturated heterocycles. The maximum absolute atomic E-state index is 12.5. The van der Waals surface area contributed by atoms with Crippen LogP contribution in [0.1, 0.15) is 32.7 Å². The van der Waals surface area contributed by atoms with Gasteiger partial charge in [-0.3, -0.25) is 4.79 Å². The molecule has 0 spiro atoms. The largest absolute Gasteiger partial charge is 0.496 e. The molecule has 0 aliphatic rings. The first-order chi connectivity index (χ1) is 13.5. The third-order valence-corrected chi connectivity index (χ3v) is 4.45. The van der Waals surface area contributed by atoms with Crippen molar-refractivity contribution in [2.24, 2.45) is 0 Å². The number of amides is 1. The Morgan fingerprint density at radius 2 is 1.75 bits per heavy atom. The Morgan fingerprint density at radius 3 is 2.39 bits per heavy atom. The molecule has 2 aromatic carbocycles. The number of hydrogen-bond donors (Lipinski definition) is 2. The second-order valence-electron chi connectivity index (χ2n) is 6.68. The summed E-state index contributed by atoms with van der Waals surface area (Å²) in [5.41, 5.74) is 5.30. The standard InChI is InChI=1S/C22H24N4O2/c1-14-9-15(2)21(16(3)10-14)26-22(27)18-12-25-20(13-23-18)24-11-17-7-5-6-8-19(17)28-4/h5-10,12-13H,11H2,1-4H3,(H,24,25)(H,26,27). The Morgan fingerprint density at radius 1 is 1.04 bits per heavy atom. The summed E-state index contributed by atoms with van der Waals surface area (Å²) >= 11 is 0. The van der Waals surface area contributed by atoms with Crippen molar-refractivity contribution in [2.45, 2.75) is 27.3 Å². The van der Waals surface area contributed by atoms with Gasteiger partial charge in [0.25, 0.3) is 5.91 Å². The number of aryl methyl sites for hydroxylation is 3. The lowest BCUT2D eigenvalue weighted by atomic mass is 10.1. The van der Waals surface area contributed by atoms with Crippen LogP contribution in [0.3, 0.4) is 0 Å². The van der Waals surface area contributed by atoms with Crippen LogP contribution in [-0.4, -0.2) is 23.0 Å². The highest BCUT2D eigenvalue weighted by Crippen LogP contribution is 2.22. The number of methoxy groups -OCH3 is 1. The number of nitrogens with zero attached hydrogens (tertiary/aromatic N) is 2. The van der Waals surface area contributed by atoms with E-state index in [9.17, 15) is 4.79 Å². The Kier molecular flexibility index (Phi) is 5.89. The summed E-state index contributed by atoms with van der Waals surface area (Å²) in [4.78, 5) is 21.1. The minimum Gasteiger partial charge on any atom is -0.496 e. The first-order valence-electron chi connectivity index (χ1n) is 9.05. The zero-order valence-corrected chi connectivity index (χ0v) is 16.5. The van der Waals surface area contributed by atoms with E-state index in [0.29, 0.717) is 12.4 Å². The lowest BCUT2D eigenvalue weighted by Crippen LogP contribution is -2.16. The normalized spacial score (nSPS) is 10.4. The van der Waals surface area contributed by atoms with Gasteiger partial charge in [0.1, 0.15) is 17.3 Å². The summed E-state index contributed by atoms with van der Waals surface area (Å²) in [7, 11) is 1.64. The number of ether oxygens (including phenoxy) is 1. The van der Waals surface area contributed by atoms with Crippen molar-refractivity contribution in [1.82, 2.24) is 9.97 Å². The van der Waals surface area contributed by atoms with Crippen molar-refractivity contribution < 1.29 is 9.53 Å². The van der Waals surface area contributed by atoms with Crippen LogP contribution in [0.15, 0.2) is 48.8 Å². The van der Waals surface area contributed by atoms with Crippen molar-refractivity contribution in [3.63, 3.8) is 0 Å². The molecule has 6 heteroatoms. The Labute approximate surface area is 165 Å². The number of benzene rings is 2. The van der Waals surface area contributed by atoms with Crippen LogP contribution in [-0.2, 0) is 6.54 Å². The molecule has 0 aliphatic heterocycles. The predicted octanol–water partition coefficient (Wildman–Crippen LogP) is 4.27. The van der Waals surface area contributed by atoms with Gasteiger partial charge >= 0.3 is 0 Å². The molecule has 2 N–H and O–H groups in total. The molecule has 0 bridgehead atoms. The molecule has 0 unspecified atom stereocenters. The van der Waals surface area contributed by atoms with Crippen molar-refractivity contribution in [1.29, 1.82) is 0 Å². The van der Waals surface area contributed by atoms with Crippen LogP contribution < -0.4 is 15.4 Å². The summed E-state index contributed by atoms with van der Waals surface area (Å²) < 4.78 is 5.34. The first kappa shape index (κ1) is 19.4. The summed E-state index contributed by atoms with van der Waals surface area (Å²) in [5, 5.41) is 6.13. The quantitative estimate of drug-likeness (QED) is 0.672. The van der Waals surface area contributed by atoms with E-state index in [4.69, 9.17) is 4.74 Å². The number of aromatic nitrogens is 2. The molecule has 3 aromatic rings. The van der Waals surface area contributed by atoms with Crippen molar-refractivity contribution in [2.75, 3.05) is 17.7 Å². The Bertz CT molecular complexity index is 961. The lowest BCUT2D eigenvalue weighted by Gasteiger charge is -2.13. The number of nitrogens with one attached hydrogen (secondary N) is 2. The first-order valence-corrected chi connectivity index (χ1v) is 9.05.